The Bertz CT molecular complexity index is 1190. The SMILES string of the molecule is CCOc1ccccc1/C=C1\Oc2c(ccc(OC(=O)c3ccc(C)cc3)c2C)C1=O. The first-order chi connectivity index (χ1) is 15.0. The Hall–Kier alpha value is -3.86. The van der Waals surface area contributed by atoms with E-state index in [4.69, 9.17) is 14.2 Å². The van der Waals surface area contributed by atoms with E-state index in [1.54, 1.807) is 37.3 Å². The third kappa shape index (κ3) is 4.08. The minimum absolute atomic E-state index is 0.201. The number of Topliss-reactive ketones (excluding diaryl/α,β-unsaturated/α-hetero) is 1. The van der Waals surface area contributed by atoms with E-state index in [9.17, 15) is 9.59 Å². The zero-order chi connectivity index (χ0) is 22.0. The molecule has 0 N–H and O–H groups in total. The molecule has 1 aliphatic heterocycles. The standard InChI is InChI=1S/C26H22O5/c1-4-29-22-8-6-5-7-19(22)15-23-24(27)20-13-14-21(17(3)25(20)30-23)31-26(28)18-11-9-16(2)10-12-18/h5-15H,4H2,1-3H3/b23-15-. The molecule has 0 aromatic heterocycles. The van der Waals surface area contributed by atoms with Crippen LogP contribution in [-0.2, 0) is 0 Å². The first-order valence-corrected chi connectivity index (χ1v) is 10.1. The van der Waals surface area contributed by atoms with Gasteiger partial charge in [0, 0.05) is 11.1 Å². The average molecular weight is 414 g/mol. The van der Waals surface area contributed by atoms with Crippen molar-refractivity contribution in [3.63, 3.8) is 0 Å². The maximum Gasteiger partial charge on any atom is 0.343 e. The molecule has 0 aliphatic carbocycles. The lowest BCUT2D eigenvalue weighted by Gasteiger charge is -2.10. The van der Waals surface area contributed by atoms with Crippen LogP contribution in [0.4, 0.5) is 0 Å². The van der Waals surface area contributed by atoms with Crippen molar-refractivity contribution in [1.82, 2.24) is 0 Å². The summed E-state index contributed by atoms with van der Waals surface area (Å²) in [6.07, 6.45) is 1.67. The minimum atomic E-state index is -0.464. The van der Waals surface area contributed by atoms with Crippen LogP contribution < -0.4 is 14.2 Å². The molecule has 3 aromatic carbocycles. The summed E-state index contributed by atoms with van der Waals surface area (Å²) in [4.78, 5) is 25.4. The van der Waals surface area contributed by atoms with Crippen LogP contribution in [0, 0.1) is 13.8 Å². The summed E-state index contributed by atoms with van der Waals surface area (Å²) in [6.45, 7) is 6.14. The molecular weight excluding hydrogens is 392 g/mol. The van der Waals surface area contributed by atoms with E-state index in [0.717, 1.165) is 11.1 Å². The Morgan fingerprint density at radius 2 is 1.71 bits per heavy atom. The van der Waals surface area contributed by atoms with Gasteiger partial charge in [-0.2, -0.15) is 0 Å². The number of aryl methyl sites for hydroxylation is 1. The molecule has 5 heteroatoms. The van der Waals surface area contributed by atoms with Crippen molar-refractivity contribution in [2.24, 2.45) is 0 Å². The number of benzene rings is 3. The van der Waals surface area contributed by atoms with Gasteiger partial charge in [0.15, 0.2) is 5.76 Å². The largest absolute Gasteiger partial charge is 0.493 e. The zero-order valence-corrected chi connectivity index (χ0v) is 17.6. The molecule has 4 rings (SSSR count). The molecule has 5 nitrogen and oxygen atoms in total. The highest BCUT2D eigenvalue weighted by molar-refractivity contribution is 6.15. The van der Waals surface area contributed by atoms with Gasteiger partial charge in [0.1, 0.15) is 17.2 Å². The van der Waals surface area contributed by atoms with Gasteiger partial charge in [0.2, 0.25) is 5.78 Å². The highest BCUT2D eigenvalue weighted by Crippen LogP contribution is 2.40. The van der Waals surface area contributed by atoms with E-state index >= 15 is 0 Å². The van der Waals surface area contributed by atoms with Crippen LogP contribution in [-0.4, -0.2) is 18.4 Å². The lowest BCUT2D eigenvalue weighted by Crippen LogP contribution is -2.09. The maximum atomic E-state index is 12.9. The number of hydrogen-bond acceptors (Lipinski definition) is 5. The molecule has 0 unspecified atom stereocenters. The molecule has 0 atom stereocenters. The summed E-state index contributed by atoms with van der Waals surface area (Å²) in [5.74, 6) is 0.948. The van der Waals surface area contributed by atoms with Gasteiger partial charge in [0.25, 0.3) is 0 Å². The fraction of sp³-hybridized carbons (Fsp3) is 0.154. The Morgan fingerprint density at radius 3 is 2.45 bits per heavy atom. The van der Waals surface area contributed by atoms with Gasteiger partial charge in [-0.05, 0) is 57.2 Å². The smallest absolute Gasteiger partial charge is 0.343 e. The van der Waals surface area contributed by atoms with Crippen molar-refractivity contribution < 1.29 is 23.8 Å². The monoisotopic (exact) mass is 414 g/mol. The van der Waals surface area contributed by atoms with Crippen molar-refractivity contribution in [1.29, 1.82) is 0 Å². The average Bonchev–Trinajstić information content (AvgIpc) is 3.08. The highest BCUT2D eigenvalue weighted by atomic mass is 16.5. The fourth-order valence-corrected chi connectivity index (χ4v) is 3.35. The molecule has 0 radical (unpaired) electrons. The first kappa shape index (κ1) is 20.4. The summed E-state index contributed by atoms with van der Waals surface area (Å²) in [5, 5.41) is 0. The van der Waals surface area contributed by atoms with E-state index in [1.807, 2.05) is 50.2 Å². The normalized spacial score (nSPS) is 13.6. The number of ketones is 1. The van der Waals surface area contributed by atoms with Gasteiger partial charge in [-0.25, -0.2) is 4.79 Å². The Morgan fingerprint density at radius 1 is 0.968 bits per heavy atom. The summed E-state index contributed by atoms with van der Waals surface area (Å²) in [6, 6.07) is 17.8. The Balaban J connectivity index is 1.61. The predicted octanol–water partition coefficient (Wildman–Crippen LogP) is 5.54. The van der Waals surface area contributed by atoms with E-state index in [0.29, 0.717) is 40.5 Å². The number of para-hydroxylation sites is 1. The lowest BCUT2D eigenvalue weighted by molar-refractivity contribution is 0.0733. The maximum absolute atomic E-state index is 12.9. The van der Waals surface area contributed by atoms with Crippen LogP contribution in [0.2, 0.25) is 0 Å². The quantitative estimate of drug-likeness (QED) is 0.312. The number of allylic oxidation sites excluding steroid dienone is 1. The van der Waals surface area contributed by atoms with Gasteiger partial charge in [0.05, 0.1) is 17.7 Å². The van der Waals surface area contributed by atoms with Gasteiger partial charge < -0.3 is 14.2 Å². The van der Waals surface area contributed by atoms with Gasteiger partial charge in [-0.1, -0.05) is 35.9 Å². The van der Waals surface area contributed by atoms with Gasteiger partial charge in [-0.3, -0.25) is 4.79 Å². The number of fused-ring (bicyclic) bond motifs is 1. The number of rotatable bonds is 5. The molecule has 0 saturated heterocycles. The number of carbonyl (C=O) groups is 2. The molecule has 3 aromatic rings. The number of ether oxygens (including phenoxy) is 3. The Labute approximate surface area is 180 Å². The van der Waals surface area contributed by atoms with Crippen LogP contribution in [0.3, 0.4) is 0 Å². The zero-order valence-electron chi connectivity index (χ0n) is 17.6. The minimum Gasteiger partial charge on any atom is -0.493 e. The second-order valence-corrected chi connectivity index (χ2v) is 7.23. The molecular formula is C26H22O5. The summed E-state index contributed by atoms with van der Waals surface area (Å²) < 4.78 is 17.1. The third-order valence-corrected chi connectivity index (χ3v) is 5.03. The van der Waals surface area contributed by atoms with Crippen LogP contribution in [0.1, 0.15) is 44.3 Å². The van der Waals surface area contributed by atoms with Gasteiger partial charge in [-0.15, -0.1) is 0 Å². The van der Waals surface area contributed by atoms with E-state index in [1.165, 1.54) is 0 Å². The van der Waals surface area contributed by atoms with Crippen LogP contribution in [0.5, 0.6) is 17.2 Å². The van der Waals surface area contributed by atoms with E-state index in [2.05, 4.69) is 0 Å². The predicted molar refractivity (Wildman–Crippen MR) is 118 cm³/mol. The summed E-state index contributed by atoms with van der Waals surface area (Å²) in [7, 11) is 0. The molecule has 0 amide bonds. The highest BCUT2D eigenvalue weighted by Gasteiger charge is 2.31. The van der Waals surface area contributed by atoms with E-state index in [-0.39, 0.29) is 11.5 Å². The third-order valence-electron chi connectivity index (χ3n) is 5.03. The van der Waals surface area contributed by atoms with Crippen molar-refractivity contribution >= 4 is 17.8 Å². The Kier molecular flexibility index (Phi) is 5.58. The molecule has 31 heavy (non-hydrogen) atoms. The number of carbonyl (C=O) groups excluding carboxylic acids is 2. The van der Waals surface area contributed by atoms with Crippen LogP contribution in [0.25, 0.3) is 6.08 Å². The topological polar surface area (TPSA) is 61.8 Å². The number of esters is 1. The first-order valence-electron chi connectivity index (χ1n) is 10.1. The van der Waals surface area contributed by atoms with Crippen LogP contribution >= 0.6 is 0 Å². The lowest BCUT2D eigenvalue weighted by atomic mass is 10.1. The molecule has 1 aliphatic rings. The fourth-order valence-electron chi connectivity index (χ4n) is 3.35. The number of hydrogen-bond donors (Lipinski definition) is 0. The second kappa shape index (κ2) is 8.48. The van der Waals surface area contributed by atoms with Crippen molar-refractivity contribution in [3.05, 3.63) is 94.2 Å². The summed E-state index contributed by atoms with van der Waals surface area (Å²) >= 11 is 0. The second-order valence-electron chi connectivity index (χ2n) is 7.23. The molecule has 0 spiro atoms. The van der Waals surface area contributed by atoms with Crippen molar-refractivity contribution in [2.75, 3.05) is 6.61 Å². The summed E-state index contributed by atoms with van der Waals surface area (Å²) in [5.41, 5.74) is 3.29. The van der Waals surface area contributed by atoms with Crippen molar-refractivity contribution in [3.8, 4) is 17.2 Å². The van der Waals surface area contributed by atoms with E-state index < -0.39 is 5.97 Å². The van der Waals surface area contributed by atoms with Gasteiger partial charge >= 0.3 is 5.97 Å². The molecule has 156 valence electrons. The van der Waals surface area contributed by atoms with Crippen molar-refractivity contribution in [2.45, 2.75) is 20.8 Å². The molecule has 0 saturated carbocycles. The molecule has 0 fully saturated rings. The van der Waals surface area contributed by atoms with Crippen LogP contribution in [0.15, 0.2) is 66.4 Å². The molecule has 0 bridgehead atoms. The molecule has 1 heterocycles.